The van der Waals surface area contributed by atoms with Gasteiger partial charge < -0.3 is 11.1 Å². The van der Waals surface area contributed by atoms with Crippen molar-refractivity contribution in [2.75, 3.05) is 11.9 Å². The first-order chi connectivity index (χ1) is 7.60. The van der Waals surface area contributed by atoms with Crippen LogP contribution in [0.2, 0.25) is 0 Å². The van der Waals surface area contributed by atoms with Gasteiger partial charge in [-0.15, -0.1) is 0 Å². The van der Waals surface area contributed by atoms with Gasteiger partial charge in [0.1, 0.15) is 6.07 Å². The summed E-state index contributed by atoms with van der Waals surface area (Å²) >= 11 is 3.05. The Balaban J connectivity index is 2.84. The van der Waals surface area contributed by atoms with E-state index in [0.717, 1.165) is 6.42 Å². The van der Waals surface area contributed by atoms with Crippen molar-refractivity contribution < 1.29 is 4.39 Å². The second-order valence-corrected chi connectivity index (χ2v) is 4.24. The highest BCUT2D eigenvalue weighted by Gasteiger charge is 2.11. The van der Waals surface area contributed by atoms with E-state index < -0.39 is 5.82 Å². The van der Waals surface area contributed by atoms with Crippen molar-refractivity contribution in [1.29, 1.82) is 5.26 Å². The zero-order valence-electron chi connectivity index (χ0n) is 8.93. The largest absolute Gasteiger partial charge is 0.381 e. The normalized spacial score (nSPS) is 11.9. The highest BCUT2D eigenvalue weighted by Crippen LogP contribution is 2.26. The minimum atomic E-state index is -0.456. The fourth-order valence-electron chi connectivity index (χ4n) is 1.16. The Labute approximate surface area is 103 Å². The van der Waals surface area contributed by atoms with Crippen LogP contribution in [-0.2, 0) is 0 Å². The number of benzene rings is 1. The quantitative estimate of drug-likeness (QED) is 0.894. The van der Waals surface area contributed by atoms with E-state index in [4.69, 9.17) is 11.0 Å². The molecular formula is C11H13BrFN3. The molecule has 0 saturated carbocycles. The lowest BCUT2D eigenvalue weighted by Gasteiger charge is -2.13. The molecule has 0 radical (unpaired) electrons. The molecular weight excluding hydrogens is 273 g/mol. The summed E-state index contributed by atoms with van der Waals surface area (Å²) in [6, 6.07) is 5.00. The number of hydrogen-bond acceptors (Lipinski definition) is 3. The zero-order chi connectivity index (χ0) is 12.1. The van der Waals surface area contributed by atoms with Gasteiger partial charge in [0.2, 0.25) is 0 Å². The summed E-state index contributed by atoms with van der Waals surface area (Å²) < 4.78 is 13.9. The van der Waals surface area contributed by atoms with Gasteiger partial charge in [0, 0.05) is 12.6 Å². The van der Waals surface area contributed by atoms with E-state index in [1.807, 2.05) is 13.0 Å². The Morgan fingerprint density at radius 1 is 1.62 bits per heavy atom. The van der Waals surface area contributed by atoms with E-state index in [2.05, 4.69) is 21.2 Å². The maximum Gasteiger partial charge on any atom is 0.161 e. The van der Waals surface area contributed by atoms with Crippen molar-refractivity contribution in [1.82, 2.24) is 0 Å². The molecule has 0 bridgehead atoms. The van der Waals surface area contributed by atoms with Gasteiger partial charge in [-0.25, -0.2) is 4.39 Å². The number of nitrogens with two attached hydrogens (primary N) is 1. The molecule has 86 valence electrons. The van der Waals surface area contributed by atoms with Crippen molar-refractivity contribution in [2.45, 2.75) is 19.4 Å². The fourth-order valence-corrected chi connectivity index (χ4v) is 1.59. The summed E-state index contributed by atoms with van der Waals surface area (Å²) in [5, 5.41) is 11.6. The van der Waals surface area contributed by atoms with Crippen molar-refractivity contribution >= 4 is 21.6 Å². The monoisotopic (exact) mass is 285 g/mol. The van der Waals surface area contributed by atoms with E-state index in [0.29, 0.717) is 12.2 Å². The summed E-state index contributed by atoms with van der Waals surface area (Å²) in [5.41, 5.74) is 6.35. The maximum absolute atomic E-state index is 13.7. The summed E-state index contributed by atoms with van der Waals surface area (Å²) in [6.07, 6.45) is 0.825. The Morgan fingerprint density at radius 2 is 2.31 bits per heavy atom. The van der Waals surface area contributed by atoms with Crippen molar-refractivity contribution in [3.63, 3.8) is 0 Å². The van der Waals surface area contributed by atoms with Gasteiger partial charge in [-0.1, -0.05) is 6.92 Å². The molecule has 0 saturated heterocycles. The highest BCUT2D eigenvalue weighted by atomic mass is 79.9. The molecule has 0 spiro atoms. The minimum absolute atomic E-state index is 0.00572. The minimum Gasteiger partial charge on any atom is -0.381 e. The second-order valence-electron chi connectivity index (χ2n) is 3.45. The lowest BCUT2D eigenvalue weighted by molar-refractivity contribution is 0.618. The number of nitrogens with one attached hydrogen (secondary N) is 1. The smallest absolute Gasteiger partial charge is 0.161 e. The molecule has 5 heteroatoms. The summed E-state index contributed by atoms with van der Waals surface area (Å²) in [7, 11) is 0. The SMILES string of the molecule is CCC(N)CNc1ccc(C#N)c(Br)c1F. The molecule has 0 amide bonds. The molecule has 1 rings (SSSR count). The molecule has 3 nitrogen and oxygen atoms in total. The maximum atomic E-state index is 13.7. The van der Waals surface area contributed by atoms with Crippen LogP contribution >= 0.6 is 15.9 Å². The van der Waals surface area contributed by atoms with Crippen LogP contribution in [-0.4, -0.2) is 12.6 Å². The third-order valence-corrected chi connectivity index (χ3v) is 3.06. The Kier molecular flexibility index (Phi) is 4.71. The van der Waals surface area contributed by atoms with E-state index in [1.54, 1.807) is 12.1 Å². The Morgan fingerprint density at radius 3 is 2.88 bits per heavy atom. The summed E-state index contributed by atoms with van der Waals surface area (Å²) in [4.78, 5) is 0. The van der Waals surface area contributed by atoms with Gasteiger partial charge in [0.05, 0.1) is 15.7 Å². The number of halogens is 2. The molecule has 3 N–H and O–H groups in total. The topological polar surface area (TPSA) is 61.8 Å². The van der Waals surface area contributed by atoms with Crippen molar-refractivity contribution in [3.8, 4) is 6.07 Å². The van der Waals surface area contributed by atoms with Crippen LogP contribution in [0.15, 0.2) is 16.6 Å². The van der Waals surface area contributed by atoms with E-state index in [-0.39, 0.29) is 16.1 Å². The fraction of sp³-hybridized carbons (Fsp3) is 0.364. The second kappa shape index (κ2) is 5.83. The number of rotatable bonds is 4. The van der Waals surface area contributed by atoms with Crippen LogP contribution in [0.25, 0.3) is 0 Å². The first kappa shape index (κ1) is 12.9. The zero-order valence-corrected chi connectivity index (χ0v) is 10.5. The molecule has 1 unspecified atom stereocenters. The van der Waals surface area contributed by atoms with Gasteiger partial charge in [0.25, 0.3) is 0 Å². The van der Waals surface area contributed by atoms with Crippen molar-refractivity contribution in [2.24, 2.45) is 5.73 Å². The summed E-state index contributed by atoms with van der Waals surface area (Å²) in [5.74, 6) is -0.456. The molecule has 16 heavy (non-hydrogen) atoms. The molecule has 0 aliphatic heterocycles. The lowest BCUT2D eigenvalue weighted by atomic mass is 10.2. The molecule has 0 fully saturated rings. The lowest BCUT2D eigenvalue weighted by Crippen LogP contribution is -2.28. The number of hydrogen-bond donors (Lipinski definition) is 2. The predicted molar refractivity (Wildman–Crippen MR) is 65.6 cm³/mol. The van der Waals surface area contributed by atoms with Crippen LogP contribution in [0.5, 0.6) is 0 Å². The van der Waals surface area contributed by atoms with Gasteiger partial charge in [-0.2, -0.15) is 5.26 Å². The van der Waals surface area contributed by atoms with Gasteiger partial charge in [-0.05, 0) is 34.5 Å². The van der Waals surface area contributed by atoms with E-state index >= 15 is 0 Å². The third kappa shape index (κ3) is 2.94. The average molecular weight is 286 g/mol. The van der Waals surface area contributed by atoms with Crippen LogP contribution in [0.4, 0.5) is 10.1 Å². The van der Waals surface area contributed by atoms with E-state index in [1.165, 1.54) is 0 Å². The first-order valence-electron chi connectivity index (χ1n) is 4.97. The number of nitrogens with zero attached hydrogens (tertiary/aromatic N) is 1. The average Bonchev–Trinajstić information content (AvgIpc) is 2.30. The molecule has 0 aromatic heterocycles. The number of nitriles is 1. The Hall–Kier alpha value is -1.12. The van der Waals surface area contributed by atoms with Crippen LogP contribution in [0, 0.1) is 17.1 Å². The predicted octanol–water partition coefficient (Wildman–Crippen LogP) is 2.61. The summed E-state index contributed by atoms with van der Waals surface area (Å²) in [6.45, 7) is 2.48. The van der Waals surface area contributed by atoms with Crippen LogP contribution in [0.3, 0.4) is 0 Å². The van der Waals surface area contributed by atoms with Gasteiger partial charge in [0.15, 0.2) is 5.82 Å². The van der Waals surface area contributed by atoms with Crippen LogP contribution < -0.4 is 11.1 Å². The van der Waals surface area contributed by atoms with Crippen molar-refractivity contribution in [3.05, 3.63) is 28.0 Å². The molecule has 0 aliphatic carbocycles. The van der Waals surface area contributed by atoms with Gasteiger partial charge >= 0.3 is 0 Å². The molecule has 0 heterocycles. The molecule has 1 aromatic rings. The third-order valence-electron chi connectivity index (χ3n) is 2.28. The molecule has 1 atom stereocenters. The van der Waals surface area contributed by atoms with E-state index in [9.17, 15) is 4.39 Å². The molecule has 1 aromatic carbocycles. The standard InChI is InChI=1S/C11H13BrFN3/c1-2-8(15)6-16-9-4-3-7(5-14)10(12)11(9)13/h3-4,8,16H,2,6,15H2,1H3. The highest BCUT2D eigenvalue weighted by molar-refractivity contribution is 9.10. The van der Waals surface area contributed by atoms with Crippen LogP contribution in [0.1, 0.15) is 18.9 Å². The van der Waals surface area contributed by atoms with Gasteiger partial charge in [-0.3, -0.25) is 0 Å². The first-order valence-corrected chi connectivity index (χ1v) is 5.77. The molecule has 0 aliphatic rings. The Bertz CT molecular complexity index is 414. The number of anilines is 1.